The standard InChI is InChI=1S/C23H29N3O4S/c27-20(15-31-22-26-25-21(30-22)16-6-2-1-3-7-16)24-23(10-4-5-11-23)17-8-9-18-19(14-17)29-13-12-28-18/h8-9,14,16H,1-7,10-13,15H2,(H,24,27). The SMILES string of the molecule is O=C(CSc1nnc(C2CCCCC2)o1)NC1(c2ccc3c(c2)OCCO3)CCCC1. The number of carbonyl (C=O) groups excluding carboxylic acids is 1. The van der Waals surface area contributed by atoms with E-state index in [0.29, 0.717) is 24.4 Å². The second kappa shape index (κ2) is 9.10. The molecule has 2 aromatic rings. The summed E-state index contributed by atoms with van der Waals surface area (Å²) in [6.45, 7) is 1.13. The average Bonchev–Trinajstić information content (AvgIpc) is 3.49. The third-order valence-corrected chi connectivity index (χ3v) is 7.45. The number of thioether (sulfide) groups is 1. The second-order valence-electron chi connectivity index (χ2n) is 8.73. The summed E-state index contributed by atoms with van der Waals surface area (Å²) in [5, 5.41) is 12.2. The molecule has 1 amide bonds. The molecule has 1 aliphatic heterocycles. The van der Waals surface area contributed by atoms with E-state index in [-0.39, 0.29) is 17.2 Å². The van der Waals surface area contributed by atoms with Crippen molar-refractivity contribution >= 4 is 17.7 Å². The number of benzene rings is 1. The van der Waals surface area contributed by atoms with Crippen molar-refractivity contribution in [3.8, 4) is 11.5 Å². The van der Waals surface area contributed by atoms with Crippen LogP contribution in [-0.4, -0.2) is 35.1 Å². The number of rotatable bonds is 6. The summed E-state index contributed by atoms with van der Waals surface area (Å²) in [5.41, 5.74) is 0.736. The molecule has 0 atom stereocenters. The van der Waals surface area contributed by atoms with E-state index in [9.17, 15) is 4.79 Å². The summed E-state index contributed by atoms with van der Waals surface area (Å²) in [5.74, 6) is 2.89. The van der Waals surface area contributed by atoms with Gasteiger partial charge in [0.05, 0.1) is 11.3 Å². The van der Waals surface area contributed by atoms with Gasteiger partial charge in [0, 0.05) is 5.92 Å². The average molecular weight is 444 g/mol. The Morgan fingerprint density at radius 2 is 1.81 bits per heavy atom. The molecule has 2 saturated carbocycles. The van der Waals surface area contributed by atoms with E-state index in [1.54, 1.807) is 0 Å². The fourth-order valence-electron chi connectivity index (χ4n) is 5.03. The van der Waals surface area contributed by atoms with Crippen molar-refractivity contribution in [2.24, 2.45) is 0 Å². The fourth-order valence-corrected chi connectivity index (χ4v) is 5.60. The molecule has 166 valence electrons. The van der Waals surface area contributed by atoms with Crippen molar-refractivity contribution in [3.63, 3.8) is 0 Å². The number of nitrogens with zero attached hydrogens (tertiary/aromatic N) is 2. The van der Waals surface area contributed by atoms with Gasteiger partial charge in [-0.15, -0.1) is 10.2 Å². The van der Waals surface area contributed by atoms with Gasteiger partial charge in [-0.05, 0) is 43.4 Å². The van der Waals surface area contributed by atoms with Crippen LogP contribution in [-0.2, 0) is 10.3 Å². The largest absolute Gasteiger partial charge is 0.486 e. The van der Waals surface area contributed by atoms with Crippen LogP contribution in [0, 0.1) is 0 Å². The van der Waals surface area contributed by atoms with E-state index in [1.807, 2.05) is 12.1 Å². The van der Waals surface area contributed by atoms with Crippen LogP contribution < -0.4 is 14.8 Å². The number of fused-ring (bicyclic) bond motifs is 1. The molecule has 0 radical (unpaired) electrons. The Bertz CT molecular complexity index is 919. The summed E-state index contributed by atoms with van der Waals surface area (Å²) in [6, 6.07) is 6.04. The summed E-state index contributed by atoms with van der Waals surface area (Å²) >= 11 is 1.32. The molecule has 0 spiro atoms. The Morgan fingerprint density at radius 3 is 2.61 bits per heavy atom. The Kier molecular flexibility index (Phi) is 6.07. The van der Waals surface area contributed by atoms with Gasteiger partial charge in [-0.3, -0.25) is 4.79 Å². The zero-order valence-corrected chi connectivity index (χ0v) is 18.5. The lowest BCUT2D eigenvalue weighted by molar-refractivity contribution is -0.120. The maximum atomic E-state index is 12.9. The lowest BCUT2D eigenvalue weighted by Gasteiger charge is -2.32. The minimum absolute atomic E-state index is 0.0146. The van der Waals surface area contributed by atoms with Crippen LogP contribution in [0.2, 0.25) is 0 Å². The molecule has 1 N–H and O–H groups in total. The highest BCUT2D eigenvalue weighted by molar-refractivity contribution is 7.99. The lowest BCUT2D eigenvalue weighted by Crippen LogP contribution is -2.44. The van der Waals surface area contributed by atoms with E-state index in [2.05, 4.69) is 21.6 Å². The first-order valence-corrected chi connectivity index (χ1v) is 12.4. The van der Waals surface area contributed by atoms with E-state index in [0.717, 1.165) is 61.5 Å². The molecule has 5 rings (SSSR count). The maximum Gasteiger partial charge on any atom is 0.277 e. The molecule has 2 aliphatic carbocycles. The van der Waals surface area contributed by atoms with Gasteiger partial charge in [-0.25, -0.2) is 0 Å². The number of carbonyl (C=O) groups is 1. The Hall–Kier alpha value is -2.22. The van der Waals surface area contributed by atoms with Crippen molar-refractivity contribution in [1.82, 2.24) is 15.5 Å². The number of amides is 1. The highest BCUT2D eigenvalue weighted by Gasteiger charge is 2.38. The topological polar surface area (TPSA) is 86.5 Å². The molecule has 0 unspecified atom stereocenters. The normalized spacial score (nSPS) is 20.5. The first kappa shape index (κ1) is 20.7. The van der Waals surface area contributed by atoms with E-state index in [1.165, 1.54) is 31.0 Å². The van der Waals surface area contributed by atoms with Gasteiger partial charge in [0.1, 0.15) is 13.2 Å². The van der Waals surface area contributed by atoms with Crippen LogP contribution in [0.3, 0.4) is 0 Å². The Balaban J connectivity index is 1.23. The molecule has 31 heavy (non-hydrogen) atoms. The van der Waals surface area contributed by atoms with Crippen molar-refractivity contribution < 1.29 is 18.7 Å². The zero-order valence-electron chi connectivity index (χ0n) is 17.7. The number of hydrogen-bond donors (Lipinski definition) is 1. The van der Waals surface area contributed by atoms with Crippen LogP contribution in [0.5, 0.6) is 11.5 Å². The first-order chi connectivity index (χ1) is 15.2. The summed E-state index contributed by atoms with van der Waals surface area (Å²) in [7, 11) is 0. The van der Waals surface area contributed by atoms with Gasteiger partial charge in [0.2, 0.25) is 11.8 Å². The molecule has 1 aromatic heterocycles. The van der Waals surface area contributed by atoms with E-state index in [4.69, 9.17) is 13.9 Å². The minimum atomic E-state index is -0.352. The van der Waals surface area contributed by atoms with Crippen molar-refractivity contribution in [2.45, 2.75) is 74.5 Å². The molecule has 2 heterocycles. The van der Waals surface area contributed by atoms with Gasteiger partial charge in [-0.2, -0.15) is 0 Å². The number of ether oxygens (including phenoxy) is 2. The number of hydrogen-bond acceptors (Lipinski definition) is 7. The first-order valence-electron chi connectivity index (χ1n) is 11.4. The van der Waals surface area contributed by atoms with Crippen LogP contribution in [0.4, 0.5) is 0 Å². The number of aromatic nitrogens is 2. The monoisotopic (exact) mass is 443 g/mol. The molecule has 8 heteroatoms. The zero-order chi connectivity index (χ0) is 21.1. The molecule has 1 aromatic carbocycles. The van der Waals surface area contributed by atoms with Gasteiger partial charge in [0.25, 0.3) is 5.22 Å². The molecular formula is C23H29N3O4S. The molecule has 3 aliphatic rings. The highest BCUT2D eigenvalue weighted by Crippen LogP contribution is 2.42. The molecule has 0 saturated heterocycles. The molecule has 7 nitrogen and oxygen atoms in total. The van der Waals surface area contributed by atoms with Gasteiger partial charge >= 0.3 is 0 Å². The Labute approximate surface area is 186 Å². The second-order valence-corrected chi connectivity index (χ2v) is 9.65. The minimum Gasteiger partial charge on any atom is -0.486 e. The van der Waals surface area contributed by atoms with Crippen LogP contribution >= 0.6 is 11.8 Å². The summed E-state index contributed by atoms with van der Waals surface area (Å²) in [6.07, 6.45) is 10.0. The predicted octanol–water partition coefficient (Wildman–Crippen LogP) is 4.57. The van der Waals surface area contributed by atoms with Gasteiger partial charge in [-0.1, -0.05) is 49.9 Å². The highest BCUT2D eigenvalue weighted by atomic mass is 32.2. The maximum absolute atomic E-state index is 12.9. The summed E-state index contributed by atoms with van der Waals surface area (Å²) < 4.78 is 17.3. The fraction of sp³-hybridized carbons (Fsp3) is 0.609. The number of nitrogens with one attached hydrogen (secondary N) is 1. The lowest BCUT2D eigenvalue weighted by atomic mass is 9.87. The predicted molar refractivity (Wildman–Crippen MR) is 117 cm³/mol. The molecular weight excluding hydrogens is 414 g/mol. The third-order valence-electron chi connectivity index (χ3n) is 6.63. The van der Waals surface area contributed by atoms with Crippen LogP contribution in [0.15, 0.2) is 27.8 Å². The Morgan fingerprint density at radius 1 is 1.03 bits per heavy atom. The smallest absolute Gasteiger partial charge is 0.277 e. The van der Waals surface area contributed by atoms with Crippen LogP contribution in [0.1, 0.15) is 75.2 Å². The van der Waals surface area contributed by atoms with Crippen molar-refractivity contribution in [1.29, 1.82) is 0 Å². The van der Waals surface area contributed by atoms with E-state index >= 15 is 0 Å². The van der Waals surface area contributed by atoms with Crippen LogP contribution in [0.25, 0.3) is 0 Å². The van der Waals surface area contributed by atoms with Gasteiger partial charge < -0.3 is 19.2 Å². The quantitative estimate of drug-likeness (QED) is 0.655. The van der Waals surface area contributed by atoms with E-state index < -0.39 is 0 Å². The van der Waals surface area contributed by atoms with Crippen molar-refractivity contribution in [3.05, 3.63) is 29.7 Å². The van der Waals surface area contributed by atoms with Gasteiger partial charge in [0.15, 0.2) is 11.5 Å². The third kappa shape index (κ3) is 4.54. The van der Waals surface area contributed by atoms with Crippen molar-refractivity contribution in [2.75, 3.05) is 19.0 Å². The molecule has 0 bridgehead atoms. The summed E-state index contributed by atoms with van der Waals surface area (Å²) in [4.78, 5) is 12.9. The molecule has 2 fully saturated rings.